The van der Waals surface area contributed by atoms with Gasteiger partial charge in [-0.05, 0) is 0 Å². The van der Waals surface area contributed by atoms with Crippen LogP contribution < -0.4 is 10.6 Å². The Morgan fingerprint density at radius 2 is 2.28 bits per heavy atom. The maximum Gasteiger partial charge on any atom is 0.225 e. The van der Waals surface area contributed by atoms with Crippen LogP contribution in [0.3, 0.4) is 0 Å². The summed E-state index contributed by atoms with van der Waals surface area (Å²) >= 11 is 1.70. The number of aromatic nitrogens is 1. The molecule has 1 aromatic heterocycles. The van der Waals surface area contributed by atoms with Gasteiger partial charge in [-0.1, -0.05) is 20.8 Å². The van der Waals surface area contributed by atoms with Gasteiger partial charge >= 0.3 is 0 Å². The predicted octanol–water partition coefficient (Wildman–Crippen LogP) is 1.32. The van der Waals surface area contributed by atoms with Crippen molar-refractivity contribution in [2.24, 2.45) is 5.92 Å². The number of hydrogen-bond acceptors (Lipinski definition) is 4. The van der Waals surface area contributed by atoms with E-state index in [0.717, 1.165) is 30.2 Å². The fourth-order valence-corrected chi connectivity index (χ4v) is 2.64. The number of carbonyl (C=O) groups excluding carboxylic acids is 1. The summed E-state index contributed by atoms with van der Waals surface area (Å²) in [6.07, 6.45) is 0.818. The highest BCUT2D eigenvalue weighted by Crippen LogP contribution is 2.25. The van der Waals surface area contributed by atoms with E-state index in [1.165, 1.54) is 0 Å². The number of nitrogens with zero attached hydrogens (tertiary/aromatic N) is 1. The summed E-state index contributed by atoms with van der Waals surface area (Å²) in [6, 6.07) is 0. The van der Waals surface area contributed by atoms with E-state index in [-0.39, 0.29) is 17.2 Å². The first-order chi connectivity index (χ1) is 8.47. The molecule has 0 aliphatic carbocycles. The van der Waals surface area contributed by atoms with Crippen molar-refractivity contribution in [2.75, 3.05) is 19.6 Å². The molecule has 1 fully saturated rings. The molecular formula is C13H21N3OS. The van der Waals surface area contributed by atoms with Crippen LogP contribution in [0.2, 0.25) is 0 Å². The van der Waals surface area contributed by atoms with Crippen molar-refractivity contribution in [1.29, 1.82) is 0 Å². The monoisotopic (exact) mass is 267 g/mol. The van der Waals surface area contributed by atoms with E-state index in [0.29, 0.717) is 6.54 Å². The van der Waals surface area contributed by atoms with Crippen molar-refractivity contribution >= 4 is 17.2 Å². The summed E-state index contributed by atoms with van der Waals surface area (Å²) in [5, 5.41) is 9.32. The number of rotatable bonds is 4. The van der Waals surface area contributed by atoms with Gasteiger partial charge in [0.15, 0.2) is 0 Å². The van der Waals surface area contributed by atoms with E-state index in [2.05, 4.69) is 41.8 Å². The molecule has 4 nitrogen and oxygen atoms in total. The van der Waals surface area contributed by atoms with E-state index in [9.17, 15) is 4.79 Å². The largest absolute Gasteiger partial charge is 0.355 e. The van der Waals surface area contributed by atoms with Crippen molar-refractivity contribution in [3.63, 3.8) is 0 Å². The van der Waals surface area contributed by atoms with Gasteiger partial charge in [-0.25, -0.2) is 4.98 Å². The molecule has 0 aromatic carbocycles. The van der Waals surface area contributed by atoms with E-state index < -0.39 is 0 Å². The van der Waals surface area contributed by atoms with Crippen LogP contribution in [0.5, 0.6) is 0 Å². The van der Waals surface area contributed by atoms with Gasteiger partial charge < -0.3 is 10.6 Å². The van der Waals surface area contributed by atoms with Gasteiger partial charge in [-0.15, -0.1) is 11.3 Å². The first kappa shape index (κ1) is 13.5. The standard InChI is InChI=1S/C13H21N3OS/c1-13(2,3)12-16-10(8-18-12)4-5-15-11(17)9-6-14-7-9/h8-9,14H,4-7H2,1-3H3,(H,15,17). The molecule has 1 aromatic rings. The molecule has 1 saturated heterocycles. The molecule has 18 heavy (non-hydrogen) atoms. The average molecular weight is 267 g/mol. The summed E-state index contributed by atoms with van der Waals surface area (Å²) in [6.45, 7) is 8.82. The van der Waals surface area contributed by atoms with Crippen LogP contribution in [0.1, 0.15) is 31.5 Å². The minimum Gasteiger partial charge on any atom is -0.355 e. The second-order valence-corrected chi connectivity index (χ2v) is 6.65. The molecule has 2 heterocycles. The van der Waals surface area contributed by atoms with Crippen molar-refractivity contribution in [3.05, 3.63) is 16.1 Å². The summed E-state index contributed by atoms with van der Waals surface area (Å²) < 4.78 is 0. The molecule has 0 saturated carbocycles. The van der Waals surface area contributed by atoms with Gasteiger partial charge in [0, 0.05) is 36.9 Å². The second kappa shape index (κ2) is 5.36. The third-order valence-corrected chi connectivity index (χ3v) is 4.34. The number of hydrogen-bond donors (Lipinski definition) is 2. The number of amides is 1. The molecule has 5 heteroatoms. The highest BCUT2D eigenvalue weighted by Gasteiger charge is 2.24. The Bertz CT molecular complexity index is 418. The van der Waals surface area contributed by atoms with Gasteiger partial charge in [0.05, 0.1) is 16.6 Å². The van der Waals surface area contributed by atoms with Crippen LogP contribution in [-0.4, -0.2) is 30.5 Å². The SMILES string of the molecule is CC(C)(C)c1nc(CCNC(=O)C2CNC2)cs1. The van der Waals surface area contributed by atoms with Crippen LogP contribution in [0.15, 0.2) is 5.38 Å². The van der Waals surface area contributed by atoms with Gasteiger partial charge in [-0.3, -0.25) is 4.79 Å². The van der Waals surface area contributed by atoms with Crippen LogP contribution >= 0.6 is 11.3 Å². The van der Waals surface area contributed by atoms with Crippen LogP contribution in [-0.2, 0) is 16.6 Å². The maximum atomic E-state index is 11.6. The lowest BCUT2D eigenvalue weighted by Crippen LogP contribution is -2.51. The number of carbonyl (C=O) groups is 1. The highest BCUT2D eigenvalue weighted by atomic mass is 32.1. The normalized spacial score (nSPS) is 16.4. The van der Waals surface area contributed by atoms with Gasteiger partial charge in [0.2, 0.25) is 5.91 Å². The Balaban J connectivity index is 1.76. The minimum absolute atomic E-state index is 0.115. The predicted molar refractivity (Wildman–Crippen MR) is 73.9 cm³/mol. The van der Waals surface area contributed by atoms with Gasteiger partial charge in [0.1, 0.15) is 0 Å². The zero-order valence-corrected chi connectivity index (χ0v) is 12.1. The van der Waals surface area contributed by atoms with E-state index in [1.54, 1.807) is 11.3 Å². The van der Waals surface area contributed by atoms with Crippen molar-refractivity contribution in [3.8, 4) is 0 Å². The third-order valence-electron chi connectivity index (χ3n) is 3.03. The van der Waals surface area contributed by atoms with Crippen LogP contribution in [0.25, 0.3) is 0 Å². The first-order valence-electron chi connectivity index (χ1n) is 6.40. The Kier molecular flexibility index (Phi) is 4.02. The summed E-state index contributed by atoms with van der Waals surface area (Å²) in [5.41, 5.74) is 1.20. The molecule has 0 radical (unpaired) electrons. The molecule has 2 N–H and O–H groups in total. The topological polar surface area (TPSA) is 54.0 Å². The number of nitrogens with one attached hydrogen (secondary N) is 2. The molecule has 0 bridgehead atoms. The molecule has 100 valence electrons. The molecule has 1 aliphatic heterocycles. The average Bonchev–Trinajstić information content (AvgIpc) is 2.62. The fourth-order valence-electron chi connectivity index (χ4n) is 1.70. The van der Waals surface area contributed by atoms with Crippen molar-refractivity contribution in [2.45, 2.75) is 32.6 Å². The molecular weight excluding hydrogens is 246 g/mol. The molecule has 1 amide bonds. The summed E-state index contributed by atoms with van der Waals surface area (Å²) in [5.74, 6) is 0.339. The number of thiazole rings is 1. The molecule has 1 aliphatic rings. The smallest absolute Gasteiger partial charge is 0.225 e. The molecule has 0 unspecified atom stereocenters. The molecule has 2 rings (SSSR count). The highest BCUT2D eigenvalue weighted by molar-refractivity contribution is 7.09. The molecule has 0 spiro atoms. The zero-order valence-electron chi connectivity index (χ0n) is 11.2. The first-order valence-corrected chi connectivity index (χ1v) is 7.28. The Labute approximate surface area is 112 Å². The third kappa shape index (κ3) is 3.29. The maximum absolute atomic E-state index is 11.6. The van der Waals surface area contributed by atoms with E-state index >= 15 is 0 Å². The van der Waals surface area contributed by atoms with Crippen LogP contribution in [0, 0.1) is 5.92 Å². The lowest BCUT2D eigenvalue weighted by molar-refractivity contribution is -0.126. The van der Waals surface area contributed by atoms with Crippen LogP contribution in [0.4, 0.5) is 0 Å². The lowest BCUT2D eigenvalue weighted by Gasteiger charge is -2.25. The minimum atomic E-state index is 0.115. The fraction of sp³-hybridized carbons (Fsp3) is 0.692. The van der Waals surface area contributed by atoms with Crippen molar-refractivity contribution in [1.82, 2.24) is 15.6 Å². The zero-order chi connectivity index (χ0) is 13.2. The summed E-state index contributed by atoms with van der Waals surface area (Å²) in [4.78, 5) is 16.2. The van der Waals surface area contributed by atoms with Crippen molar-refractivity contribution < 1.29 is 4.79 Å². The Morgan fingerprint density at radius 3 is 2.78 bits per heavy atom. The van der Waals surface area contributed by atoms with Gasteiger partial charge in [-0.2, -0.15) is 0 Å². The quantitative estimate of drug-likeness (QED) is 0.865. The Hall–Kier alpha value is -0.940. The van der Waals surface area contributed by atoms with Gasteiger partial charge in [0.25, 0.3) is 0 Å². The van der Waals surface area contributed by atoms with E-state index in [4.69, 9.17) is 0 Å². The lowest BCUT2D eigenvalue weighted by atomic mass is 9.98. The second-order valence-electron chi connectivity index (χ2n) is 5.79. The molecule has 0 atom stereocenters. The Morgan fingerprint density at radius 1 is 1.56 bits per heavy atom. The van der Waals surface area contributed by atoms with E-state index in [1.807, 2.05) is 0 Å². The summed E-state index contributed by atoms with van der Waals surface area (Å²) in [7, 11) is 0.